The molecule has 1 N–H and O–H groups in total. The molecule has 1 aromatic heterocycles. The monoisotopic (exact) mass is 439 g/mol. The zero-order valence-electron chi connectivity index (χ0n) is 18.4. The summed E-state index contributed by atoms with van der Waals surface area (Å²) in [5, 5.41) is 0.888. The maximum Gasteiger partial charge on any atom is 0.354 e. The van der Waals surface area contributed by atoms with Crippen molar-refractivity contribution < 1.29 is 38.0 Å². The Morgan fingerprint density at radius 3 is 1.97 bits per heavy atom. The number of nitrogens with one attached hydrogen (secondary N) is 1. The second kappa shape index (κ2) is 15.6. The summed E-state index contributed by atoms with van der Waals surface area (Å²) in [6.45, 7) is 7.29. The van der Waals surface area contributed by atoms with E-state index in [0.717, 1.165) is 10.9 Å². The Kier molecular flexibility index (Phi) is 12.6. The molecule has 0 amide bonds. The van der Waals surface area contributed by atoms with Crippen LogP contribution < -0.4 is 4.74 Å². The molecule has 2 rings (SSSR count). The number of aromatic amines is 1. The van der Waals surface area contributed by atoms with Gasteiger partial charge in [0, 0.05) is 18.0 Å². The Labute approximate surface area is 182 Å². The van der Waals surface area contributed by atoms with Gasteiger partial charge in [-0.15, -0.1) is 0 Å². The van der Waals surface area contributed by atoms with Crippen molar-refractivity contribution in [2.75, 3.05) is 79.8 Å². The maximum absolute atomic E-state index is 11.8. The number of benzene rings is 1. The Bertz CT molecular complexity index is 748. The SMILES string of the molecule is CCOC(=O)c1cc2cc(OCCOCCOCCOCCOCCOC)ccc2[nH]1. The van der Waals surface area contributed by atoms with Gasteiger partial charge in [-0.05, 0) is 31.2 Å². The number of aromatic nitrogens is 1. The van der Waals surface area contributed by atoms with E-state index in [9.17, 15) is 4.79 Å². The molecule has 0 radical (unpaired) electrons. The Morgan fingerprint density at radius 2 is 1.39 bits per heavy atom. The van der Waals surface area contributed by atoms with Gasteiger partial charge in [-0.1, -0.05) is 0 Å². The molecule has 9 heteroatoms. The van der Waals surface area contributed by atoms with Crippen molar-refractivity contribution in [2.45, 2.75) is 6.92 Å². The minimum Gasteiger partial charge on any atom is -0.491 e. The number of carbonyl (C=O) groups is 1. The molecule has 1 heterocycles. The lowest BCUT2D eigenvalue weighted by Gasteiger charge is -2.08. The first-order valence-corrected chi connectivity index (χ1v) is 10.5. The van der Waals surface area contributed by atoms with Crippen molar-refractivity contribution >= 4 is 16.9 Å². The van der Waals surface area contributed by atoms with Crippen LogP contribution in [0.1, 0.15) is 17.4 Å². The van der Waals surface area contributed by atoms with Crippen LogP contribution in [0, 0.1) is 0 Å². The van der Waals surface area contributed by atoms with Crippen LogP contribution in [0.5, 0.6) is 5.75 Å². The van der Waals surface area contributed by atoms with Crippen LogP contribution in [0.4, 0.5) is 0 Å². The van der Waals surface area contributed by atoms with Gasteiger partial charge in [0.1, 0.15) is 18.1 Å². The Balaban J connectivity index is 1.47. The normalized spacial score (nSPS) is 11.2. The third kappa shape index (κ3) is 10.1. The largest absolute Gasteiger partial charge is 0.491 e. The summed E-state index contributed by atoms with van der Waals surface area (Å²) in [5.41, 5.74) is 1.28. The molecular formula is C22H33NO8. The summed E-state index contributed by atoms with van der Waals surface area (Å²) < 4.78 is 37.2. The third-order valence-corrected chi connectivity index (χ3v) is 4.13. The van der Waals surface area contributed by atoms with E-state index >= 15 is 0 Å². The van der Waals surface area contributed by atoms with Gasteiger partial charge in [0.15, 0.2) is 0 Å². The summed E-state index contributed by atoms with van der Waals surface area (Å²) >= 11 is 0. The molecule has 174 valence electrons. The molecule has 31 heavy (non-hydrogen) atoms. The van der Waals surface area contributed by atoms with Crippen LogP contribution in [-0.2, 0) is 28.4 Å². The van der Waals surface area contributed by atoms with Gasteiger partial charge in [-0.3, -0.25) is 0 Å². The van der Waals surface area contributed by atoms with Crippen LogP contribution in [-0.4, -0.2) is 90.7 Å². The first kappa shape index (κ1) is 25.1. The van der Waals surface area contributed by atoms with E-state index in [4.69, 9.17) is 33.2 Å². The van der Waals surface area contributed by atoms with Gasteiger partial charge in [0.25, 0.3) is 0 Å². The zero-order chi connectivity index (χ0) is 22.2. The highest BCUT2D eigenvalue weighted by atomic mass is 16.6. The van der Waals surface area contributed by atoms with Crippen LogP contribution in [0.15, 0.2) is 24.3 Å². The van der Waals surface area contributed by atoms with Gasteiger partial charge < -0.3 is 38.1 Å². The van der Waals surface area contributed by atoms with Gasteiger partial charge in [-0.25, -0.2) is 4.79 Å². The lowest BCUT2D eigenvalue weighted by atomic mass is 10.2. The summed E-state index contributed by atoms with van der Waals surface area (Å²) in [6.07, 6.45) is 0. The number of hydrogen-bond donors (Lipinski definition) is 1. The number of ether oxygens (including phenoxy) is 7. The molecule has 1 aromatic carbocycles. The summed E-state index contributed by atoms with van der Waals surface area (Å²) in [5.74, 6) is 0.348. The van der Waals surface area contributed by atoms with Crippen molar-refractivity contribution in [3.63, 3.8) is 0 Å². The van der Waals surface area contributed by atoms with E-state index in [1.807, 2.05) is 18.2 Å². The average molecular weight is 440 g/mol. The van der Waals surface area contributed by atoms with Gasteiger partial charge in [0.2, 0.25) is 0 Å². The Morgan fingerprint density at radius 1 is 0.806 bits per heavy atom. The standard InChI is InChI=1S/C22H33NO8/c1-3-30-22(24)21-17-18-16-19(4-5-20(18)23-21)31-15-14-29-13-12-28-11-10-27-9-8-26-7-6-25-2/h4-5,16-17,23H,3,6-15H2,1-2H3. The van der Waals surface area contributed by atoms with Crippen molar-refractivity contribution in [1.29, 1.82) is 0 Å². The molecule has 0 aliphatic heterocycles. The smallest absolute Gasteiger partial charge is 0.354 e. The van der Waals surface area contributed by atoms with Crippen molar-refractivity contribution in [2.24, 2.45) is 0 Å². The molecule has 0 bridgehead atoms. The number of H-pyrrole nitrogens is 1. The van der Waals surface area contributed by atoms with E-state index in [1.165, 1.54) is 0 Å². The van der Waals surface area contributed by atoms with E-state index in [2.05, 4.69) is 4.98 Å². The quantitative estimate of drug-likeness (QED) is 0.279. The molecule has 0 fully saturated rings. The van der Waals surface area contributed by atoms with Crippen molar-refractivity contribution in [3.8, 4) is 5.75 Å². The molecule has 0 atom stereocenters. The lowest BCUT2D eigenvalue weighted by Crippen LogP contribution is -2.14. The minimum absolute atomic E-state index is 0.340. The molecule has 9 nitrogen and oxygen atoms in total. The first-order valence-electron chi connectivity index (χ1n) is 10.5. The van der Waals surface area contributed by atoms with Gasteiger partial charge in [-0.2, -0.15) is 0 Å². The van der Waals surface area contributed by atoms with Gasteiger partial charge in [0.05, 0.1) is 66.1 Å². The first-order chi connectivity index (χ1) is 15.2. The molecular weight excluding hydrogens is 406 g/mol. The van der Waals surface area contributed by atoms with E-state index < -0.39 is 0 Å². The van der Waals surface area contributed by atoms with E-state index in [1.54, 1.807) is 20.1 Å². The van der Waals surface area contributed by atoms with Crippen LogP contribution >= 0.6 is 0 Å². The minimum atomic E-state index is -0.365. The number of carbonyl (C=O) groups excluding carboxylic acids is 1. The number of rotatable bonds is 18. The number of fused-ring (bicyclic) bond motifs is 1. The molecule has 0 aliphatic rings. The van der Waals surface area contributed by atoms with Crippen molar-refractivity contribution in [3.05, 3.63) is 30.0 Å². The molecule has 0 aliphatic carbocycles. The maximum atomic E-state index is 11.8. The second-order valence-electron chi connectivity index (χ2n) is 6.44. The van der Waals surface area contributed by atoms with E-state index in [0.29, 0.717) is 84.1 Å². The summed E-state index contributed by atoms with van der Waals surface area (Å²) in [4.78, 5) is 14.8. The highest BCUT2D eigenvalue weighted by Gasteiger charge is 2.10. The molecule has 0 saturated heterocycles. The highest BCUT2D eigenvalue weighted by molar-refractivity contribution is 5.95. The fourth-order valence-corrected chi connectivity index (χ4v) is 2.64. The third-order valence-electron chi connectivity index (χ3n) is 4.13. The number of hydrogen-bond acceptors (Lipinski definition) is 8. The molecule has 2 aromatic rings. The molecule has 0 saturated carbocycles. The summed E-state index contributed by atoms with van der Waals surface area (Å²) in [7, 11) is 1.64. The summed E-state index contributed by atoms with van der Waals surface area (Å²) in [6, 6.07) is 7.35. The van der Waals surface area contributed by atoms with Crippen LogP contribution in [0.2, 0.25) is 0 Å². The number of methoxy groups -OCH3 is 1. The number of esters is 1. The highest BCUT2D eigenvalue weighted by Crippen LogP contribution is 2.22. The van der Waals surface area contributed by atoms with Crippen LogP contribution in [0.3, 0.4) is 0 Å². The molecule has 0 unspecified atom stereocenters. The lowest BCUT2D eigenvalue weighted by molar-refractivity contribution is -0.00978. The second-order valence-corrected chi connectivity index (χ2v) is 6.44. The topological polar surface area (TPSA) is 97.5 Å². The molecule has 0 spiro atoms. The Hall–Kier alpha value is -2.17. The fourth-order valence-electron chi connectivity index (χ4n) is 2.64. The van der Waals surface area contributed by atoms with Crippen molar-refractivity contribution in [1.82, 2.24) is 4.98 Å². The van der Waals surface area contributed by atoms with Crippen LogP contribution in [0.25, 0.3) is 10.9 Å². The zero-order valence-corrected chi connectivity index (χ0v) is 18.4. The fraction of sp³-hybridized carbons (Fsp3) is 0.591. The van der Waals surface area contributed by atoms with E-state index in [-0.39, 0.29) is 5.97 Å². The average Bonchev–Trinajstić information content (AvgIpc) is 3.20. The van der Waals surface area contributed by atoms with Gasteiger partial charge >= 0.3 is 5.97 Å². The predicted octanol–water partition coefficient (Wildman–Crippen LogP) is 2.44. The predicted molar refractivity (Wildman–Crippen MR) is 115 cm³/mol.